The van der Waals surface area contributed by atoms with Gasteiger partial charge in [0.1, 0.15) is 11.5 Å². The van der Waals surface area contributed by atoms with Gasteiger partial charge < -0.3 is 14.6 Å². The Kier molecular flexibility index (Phi) is 5.36. The van der Waals surface area contributed by atoms with E-state index in [-0.39, 0.29) is 18.4 Å². The molecule has 0 fully saturated rings. The number of benzene rings is 1. The Bertz CT molecular complexity index is 632. The van der Waals surface area contributed by atoms with Gasteiger partial charge in [0.05, 0.1) is 6.54 Å². The van der Waals surface area contributed by atoms with Crippen LogP contribution in [0.4, 0.5) is 0 Å². The van der Waals surface area contributed by atoms with E-state index in [0.717, 1.165) is 17.1 Å². The van der Waals surface area contributed by atoms with E-state index in [4.69, 9.17) is 4.42 Å². The third kappa shape index (κ3) is 4.48. The predicted molar refractivity (Wildman–Crippen MR) is 84.2 cm³/mol. The molecule has 0 unspecified atom stereocenters. The molecule has 5 nitrogen and oxygen atoms in total. The van der Waals surface area contributed by atoms with Crippen LogP contribution in [0.25, 0.3) is 11.3 Å². The van der Waals surface area contributed by atoms with E-state index >= 15 is 0 Å². The molecule has 2 rings (SSSR count). The van der Waals surface area contributed by atoms with E-state index in [9.17, 15) is 9.59 Å². The molecule has 5 heteroatoms. The number of amides is 2. The molecule has 0 saturated carbocycles. The number of hydrogen-bond donors (Lipinski definition) is 1. The molecule has 22 heavy (non-hydrogen) atoms. The van der Waals surface area contributed by atoms with Gasteiger partial charge >= 0.3 is 0 Å². The second-order valence-electron chi connectivity index (χ2n) is 5.20. The topological polar surface area (TPSA) is 62.6 Å². The normalized spacial score (nSPS) is 10.3. The van der Waals surface area contributed by atoms with Crippen molar-refractivity contribution in [3.63, 3.8) is 0 Å². The number of nitrogens with one attached hydrogen (secondary N) is 1. The molecule has 0 aliphatic carbocycles. The van der Waals surface area contributed by atoms with Gasteiger partial charge in [-0.05, 0) is 12.1 Å². The summed E-state index contributed by atoms with van der Waals surface area (Å²) >= 11 is 0. The molecule has 1 aromatic carbocycles. The number of carbonyl (C=O) groups excluding carboxylic acids is 2. The molecule has 0 aliphatic heterocycles. The molecule has 116 valence electrons. The average Bonchev–Trinajstić information content (AvgIpc) is 3.00. The largest absolute Gasteiger partial charge is 0.461 e. The molecule has 0 radical (unpaired) electrons. The number of furan rings is 1. The standard InChI is InChI=1S/C17H20N2O3/c1-19(2)17(21)12-18-16(20)11-9-14-8-10-15(22-14)13-6-4-3-5-7-13/h3-8,10H,9,11-12H2,1-2H3,(H,18,20). The molecule has 0 atom stereocenters. The first-order chi connectivity index (χ1) is 10.6. The monoisotopic (exact) mass is 300 g/mol. The fraction of sp³-hybridized carbons (Fsp3) is 0.294. The summed E-state index contributed by atoms with van der Waals surface area (Å²) in [4.78, 5) is 24.5. The lowest BCUT2D eigenvalue weighted by Gasteiger charge is -2.10. The van der Waals surface area contributed by atoms with E-state index in [1.54, 1.807) is 14.1 Å². The quantitative estimate of drug-likeness (QED) is 0.888. The van der Waals surface area contributed by atoms with Crippen LogP contribution in [0.3, 0.4) is 0 Å². The van der Waals surface area contributed by atoms with Crippen LogP contribution in [0.1, 0.15) is 12.2 Å². The maximum Gasteiger partial charge on any atom is 0.241 e. The van der Waals surface area contributed by atoms with Crippen LogP contribution >= 0.6 is 0 Å². The van der Waals surface area contributed by atoms with Crippen molar-refractivity contribution in [1.82, 2.24) is 10.2 Å². The van der Waals surface area contributed by atoms with E-state index in [0.29, 0.717) is 12.8 Å². The van der Waals surface area contributed by atoms with Gasteiger partial charge in [0.25, 0.3) is 0 Å². The van der Waals surface area contributed by atoms with Gasteiger partial charge in [-0.25, -0.2) is 0 Å². The van der Waals surface area contributed by atoms with Crippen molar-refractivity contribution in [1.29, 1.82) is 0 Å². The smallest absolute Gasteiger partial charge is 0.241 e. The number of aryl methyl sites for hydroxylation is 1. The maximum absolute atomic E-state index is 11.7. The van der Waals surface area contributed by atoms with Crippen molar-refractivity contribution in [2.75, 3.05) is 20.6 Å². The molecule has 2 amide bonds. The molecular weight excluding hydrogens is 280 g/mol. The third-order valence-corrected chi connectivity index (χ3v) is 3.25. The lowest BCUT2D eigenvalue weighted by Crippen LogP contribution is -2.36. The zero-order chi connectivity index (χ0) is 15.9. The molecule has 0 spiro atoms. The summed E-state index contributed by atoms with van der Waals surface area (Å²) in [5.74, 6) is 1.26. The summed E-state index contributed by atoms with van der Waals surface area (Å²) < 4.78 is 5.73. The Morgan fingerprint density at radius 3 is 2.50 bits per heavy atom. The number of likely N-dealkylation sites (N-methyl/N-ethyl adjacent to an activating group) is 1. The summed E-state index contributed by atoms with van der Waals surface area (Å²) in [6.45, 7) is 0.0270. The van der Waals surface area contributed by atoms with Gasteiger partial charge in [-0.2, -0.15) is 0 Å². The van der Waals surface area contributed by atoms with Crippen LogP contribution in [-0.2, 0) is 16.0 Å². The highest BCUT2D eigenvalue weighted by Crippen LogP contribution is 2.22. The number of carbonyl (C=O) groups is 2. The predicted octanol–water partition coefficient (Wildman–Crippen LogP) is 2.08. The van der Waals surface area contributed by atoms with Gasteiger partial charge in [-0.15, -0.1) is 0 Å². The van der Waals surface area contributed by atoms with E-state index in [2.05, 4.69) is 5.32 Å². The molecule has 0 bridgehead atoms. The average molecular weight is 300 g/mol. The first-order valence-corrected chi connectivity index (χ1v) is 7.17. The number of hydrogen-bond acceptors (Lipinski definition) is 3. The molecular formula is C17H20N2O3. The van der Waals surface area contributed by atoms with Crippen molar-refractivity contribution in [3.05, 3.63) is 48.2 Å². The van der Waals surface area contributed by atoms with E-state index < -0.39 is 0 Å². The molecule has 1 heterocycles. The minimum absolute atomic E-state index is 0.0270. The molecule has 0 saturated heterocycles. The van der Waals surface area contributed by atoms with Crippen LogP contribution in [0.5, 0.6) is 0 Å². The Morgan fingerprint density at radius 2 is 1.82 bits per heavy atom. The number of nitrogens with zero attached hydrogens (tertiary/aromatic N) is 1. The highest BCUT2D eigenvalue weighted by atomic mass is 16.3. The van der Waals surface area contributed by atoms with E-state index in [1.807, 2.05) is 42.5 Å². The maximum atomic E-state index is 11.7. The summed E-state index contributed by atoms with van der Waals surface area (Å²) in [6, 6.07) is 13.6. The molecule has 2 aromatic rings. The van der Waals surface area contributed by atoms with Crippen LogP contribution < -0.4 is 5.32 Å². The van der Waals surface area contributed by atoms with Gasteiger partial charge in [-0.3, -0.25) is 9.59 Å². The summed E-state index contributed by atoms with van der Waals surface area (Å²) in [5, 5.41) is 2.60. The zero-order valence-corrected chi connectivity index (χ0v) is 12.8. The first kappa shape index (κ1) is 15.8. The van der Waals surface area contributed by atoms with Crippen LogP contribution in [0.15, 0.2) is 46.9 Å². The van der Waals surface area contributed by atoms with Crippen LogP contribution in [0, 0.1) is 0 Å². The summed E-state index contributed by atoms with van der Waals surface area (Å²) in [7, 11) is 3.31. The Labute approximate surface area is 129 Å². The minimum atomic E-state index is -0.159. The Hall–Kier alpha value is -2.56. The second kappa shape index (κ2) is 7.45. The highest BCUT2D eigenvalue weighted by Gasteiger charge is 2.09. The van der Waals surface area contributed by atoms with Crippen LogP contribution in [-0.4, -0.2) is 37.4 Å². The van der Waals surface area contributed by atoms with Crippen LogP contribution in [0.2, 0.25) is 0 Å². The van der Waals surface area contributed by atoms with Crippen molar-refractivity contribution < 1.29 is 14.0 Å². The summed E-state index contributed by atoms with van der Waals surface area (Å²) in [6.07, 6.45) is 0.803. The number of rotatable bonds is 6. The molecule has 0 aliphatic rings. The van der Waals surface area contributed by atoms with Gasteiger partial charge in [0.2, 0.25) is 11.8 Å². The van der Waals surface area contributed by atoms with Gasteiger partial charge in [-0.1, -0.05) is 30.3 Å². The Balaban J connectivity index is 1.81. The fourth-order valence-corrected chi connectivity index (χ4v) is 1.93. The zero-order valence-electron chi connectivity index (χ0n) is 12.8. The summed E-state index contributed by atoms with van der Waals surface area (Å²) in [5.41, 5.74) is 1.01. The fourth-order valence-electron chi connectivity index (χ4n) is 1.93. The molecule has 1 N–H and O–H groups in total. The SMILES string of the molecule is CN(C)C(=O)CNC(=O)CCc1ccc(-c2ccccc2)o1. The first-order valence-electron chi connectivity index (χ1n) is 7.17. The minimum Gasteiger partial charge on any atom is -0.461 e. The van der Waals surface area contributed by atoms with Crippen molar-refractivity contribution >= 4 is 11.8 Å². The van der Waals surface area contributed by atoms with Gasteiger partial charge in [0, 0.05) is 32.5 Å². The van der Waals surface area contributed by atoms with Crippen molar-refractivity contribution in [3.8, 4) is 11.3 Å². The lowest BCUT2D eigenvalue weighted by atomic mass is 10.2. The van der Waals surface area contributed by atoms with Gasteiger partial charge in [0.15, 0.2) is 0 Å². The Morgan fingerprint density at radius 1 is 1.09 bits per heavy atom. The van der Waals surface area contributed by atoms with Crippen molar-refractivity contribution in [2.24, 2.45) is 0 Å². The molecule has 1 aromatic heterocycles. The van der Waals surface area contributed by atoms with E-state index in [1.165, 1.54) is 4.90 Å². The third-order valence-electron chi connectivity index (χ3n) is 3.25. The lowest BCUT2D eigenvalue weighted by molar-refractivity contribution is -0.130. The highest BCUT2D eigenvalue weighted by molar-refractivity contribution is 5.84. The second-order valence-corrected chi connectivity index (χ2v) is 5.20. The van der Waals surface area contributed by atoms with Crippen molar-refractivity contribution in [2.45, 2.75) is 12.8 Å².